The summed E-state index contributed by atoms with van der Waals surface area (Å²) in [5, 5.41) is 7.74. The molecule has 0 fully saturated rings. The summed E-state index contributed by atoms with van der Waals surface area (Å²) in [5.74, 6) is -1.41. The number of benzene rings is 2. The zero-order valence-corrected chi connectivity index (χ0v) is 15.0. The van der Waals surface area contributed by atoms with Crippen LogP contribution in [0, 0.1) is 0 Å². The van der Waals surface area contributed by atoms with Crippen molar-refractivity contribution in [3.05, 3.63) is 89.9 Å². The van der Waals surface area contributed by atoms with Crippen molar-refractivity contribution in [3.8, 4) is 0 Å². The van der Waals surface area contributed by atoms with Gasteiger partial charge in [0.15, 0.2) is 0 Å². The first-order chi connectivity index (χ1) is 13.6. The van der Waals surface area contributed by atoms with E-state index in [4.69, 9.17) is 4.42 Å². The maximum atomic E-state index is 12.4. The first kappa shape index (κ1) is 18.9. The Morgan fingerprint density at radius 1 is 0.750 bits per heavy atom. The Balaban J connectivity index is 1.59. The molecular formula is C21H19N3O4. The molecule has 1 heterocycles. The summed E-state index contributed by atoms with van der Waals surface area (Å²) in [5.41, 5.74) is 1.37. The molecule has 1 aromatic heterocycles. The van der Waals surface area contributed by atoms with Crippen LogP contribution < -0.4 is 16.0 Å². The summed E-state index contributed by atoms with van der Waals surface area (Å²) < 4.78 is 5.17. The van der Waals surface area contributed by atoms with Crippen molar-refractivity contribution in [2.45, 2.75) is 13.1 Å². The highest BCUT2D eigenvalue weighted by Crippen LogP contribution is 2.15. The number of hydrogen-bond donors (Lipinski definition) is 3. The van der Waals surface area contributed by atoms with Gasteiger partial charge in [-0.05, 0) is 29.8 Å². The normalized spacial score (nSPS) is 10.1. The Labute approximate surface area is 161 Å². The van der Waals surface area contributed by atoms with Gasteiger partial charge in [-0.15, -0.1) is 0 Å². The number of rotatable bonds is 6. The van der Waals surface area contributed by atoms with Gasteiger partial charge in [0.1, 0.15) is 5.76 Å². The highest BCUT2D eigenvalue weighted by atomic mass is 16.3. The standard InChI is InChI=1S/C21H19N3O4/c25-19(23-14-16-9-6-12-28-16)17-10-4-5-11-18(17)24-21(27)20(26)22-13-15-7-2-1-3-8-15/h1-12H,13-14H2,(H,22,26)(H,23,25)(H,24,27). The molecule has 0 unspecified atom stereocenters. The van der Waals surface area contributed by atoms with E-state index in [1.54, 1.807) is 36.4 Å². The molecule has 3 N–H and O–H groups in total. The van der Waals surface area contributed by atoms with Gasteiger partial charge in [-0.25, -0.2) is 0 Å². The lowest BCUT2D eigenvalue weighted by atomic mass is 10.1. The smallest absolute Gasteiger partial charge is 0.313 e. The summed E-state index contributed by atoms with van der Waals surface area (Å²) in [6.45, 7) is 0.448. The molecule has 3 aromatic rings. The number of nitrogens with one attached hydrogen (secondary N) is 3. The van der Waals surface area contributed by atoms with E-state index in [-0.39, 0.29) is 24.3 Å². The van der Waals surface area contributed by atoms with Crippen molar-refractivity contribution >= 4 is 23.4 Å². The molecule has 7 heteroatoms. The topological polar surface area (TPSA) is 100 Å². The zero-order chi connectivity index (χ0) is 19.8. The first-order valence-electron chi connectivity index (χ1n) is 8.66. The Hall–Kier alpha value is -3.87. The van der Waals surface area contributed by atoms with E-state index >= 15 is 0 Å². The molecule has 3 amide bonds. The van der Waals surface area contributed by atoms with Crippen LogP contribution in [0.3, 0.4) is 0 Å². The monoisotopic (exact) mass is 377 g/mol. The van der Waals surface area contributed by atoms with E-state index in [2.05, 4.69) is 16.0 Å². The molecule has 142 valence electrons. The highest BCUT2D eigenvalue weighted by Gasteiger charge is 2.17. The molecule has 0 aliphatic heterocycles. The minimum Gasteiger partial charge on any atom is -0.467 e. The van der Waals surface area contributed by atoms with Gasteiger partial charge in [-0.1, -0.05) is 42.5 Å². The van der Waals surface area contributed by atoms with Crippen LogP contribution in [0.25, 0.3) is 0 Å². The van der Waals surface area contributed by atoms with Crippen molar-refractivity contribution in [1.82, 2.24) is 10.6 Å². The second-order valence-electron chi connectivity index (χ2n) is 5.93. The zero-order valence-electron chi connectivity index (χ0n) is 15.0. The number of amides is 3. The maximum absolute atomic E-state index is 12.4. The van der Waals surface area contributed by atoms with Crippen molar-refractivity contribution < 1.29 is 18.8 Å². The summed E-state index contributed by atoms with van der Waals surface area (Å²) in [6.07, 6.45) is 1.52. The second-order valence-corrected chi connectivity index (χ2v) is 5.93. The van der Waals surface area contributed by atoms with Gasteiger partial charge in [-0.2, -0.15) is 0 Å². The minimum absolute atomic E-state index is 0.214. The first-order valence-corrected chi connectivity index (χ1v) is 8.66. The third kappa shape index (κ3) is 5.07. The van der Waals surface area contributed by atoms with Gasteiger partial charge in [0.2, 0.25) is 0 Å². The van der Waals surface area contributed by atoms with Crippen LogP contribution in [-0.4, -0.2) is 17.7 Å². The molecule has 0 aliphatic carbocycles. The van der Waals surface area contributed by atoms with Crippen molar-refractivity contribution in [1.29, 1.82) is 0 Å². The van der Waals surface area contributed by atoms with Crippen molar-refractivity contribution in [3.63, 3.8) is 0 Å². The fraction of sp³-hybridized carbons (Fsp3) is 0.0952. The summed E-state index contributed by atoms with van der Waals surface area (Å²) in [6, 6.07) is 19.2. The molecule has 0 saturated heterocycles. The summed E-state index contributed by atoms with van der Waals surface area (Å²) >= 11 is 0. The lowest BCUT2D eigenvalue weighted by Crippen LogP contribution is -2.35. The average Bonchev–Trinajstić information content (AvgIpc) is 3.25. The van der Waals surface area contributed by atoms with Gasteiger partial charge < -0.3 is 20.4 Å². The van der Waals surface area contributed by atoms with E-state index in [1.807, 2.05) is 30.3 Å². The van der Waals surface area contributed by atoms with Crippen LogP contribution in [0.4, 0.5) is 5.69 Å². The van der Waals surface area contributed by atoms with Gasteiger partial charge in [0.05, 0.1) is 24.1 Å². The van der Waals surface area contributed by atoms with E-state index in [1.165, 1.54) is 6.26 Å². The summed E-state index contributed by atoms with van der Waals surface area (Å²) in [7, 11) is 0. The van der Waals surface area contributed by atoms with E-state index in [0.717, 1.165) is 5.56 Å². The molecule has 3 rings (SSSR count). The number of carbonyl (C=O) groups excluding carboxylic acids is 3. The molecule has 2 aromatic carbocycles. The average molecular weight is 377 g/mol. The van der Waals surface area contributed by atoms with Gasteiger partial charge in [-0.3, -0.25) is 14.4 Å². The fourth-order valence-corrected chi connectivity index (χ4v) is 2.50. The lowest BCUT2D eigenvalue weighted by molar-refractivity contribution is -0.136. The van der Waals surface area contributed by atoms with Crippen molar-refractivity contribution in [2.24, 2.45) is 0 Å². The SMILES string of the molecule is O=C(NCc1ccccc1)C(=O)Nc1ccccc1C(=O)NCc1ccco1. The number of hydrogen-bond acceptors (Lipinski definition) is 4. The van der Waals surface area contributed by atoms with Crippen molar-refractivity contribution in [2.75, 3.05) is 5.32 Å². The van der Waals surface area contributed by atoms with Gasteiger partial charge >= 0.3 is 11.8 Å². The highest BCUT2D eigenvalue weighted by molar-refractivity contribution is 6.40. The molecule has 0 aliphatic rings. The van der Waals surface area contributed by atoms with Crippen LogP contribution in [0.15, 0.2) is 77.4 Å². The maximum Gasteiger partial charge on any atom is 0.313 e. The van der Waals surface area contributed by atoms with Crippen LogP contribution >= 0.6 is 0 Å². The molecule has 0 saturated carbocycles. The Morgan fingerprint density at radius 3 is 2.25 bits per heavy atom. The molecule has 28 heavy (non-hydrogen) atoms. The Morgan fingerprint density at radius 2 is 1.50 bits per heavy atom. The molecule has 7 nitrogen and oxygen atoms in total. The van der Waals surface area contributed by atoms with E-state index in [9.17, 15) is 14.4 Å². The largest absolute Gasteiger partial charge is 0.467 e. The number of carbonyl (C=O) groups is 3. The summed E-state index contributed by atoms with van der Waals surface area (Å²) in [4.78, 5) is 36.6. The fourth-order valence-electron chi connectivity index (χ4n) is 2.50. The molecular weight excluding hydrogens is 358 g/mol. The Kier molecular flexibility index (Phi) is 6.20. The third-order valence-electron chi connectivity index (χ3n) is 3.93. The molecule has 0 spiro atoms. The van der Waals surface area contributed by atoms with Crippen LogP contribution in [0.5, 0.6) is 0 Å². The van der Waals surface area contributed by atoms with Crippen LogP contribution in [0.2, 0.25) is 0 Å². The lowest BCUT2D eigenvalue weighted by Gasteiger charge is -2.11. The predicted octanol–water partition coefficient (Wildman–Crippen LogP) is 2.46. The second kappa shape index (κ2) is 9.18. The number of para-hydroxylation sites is 1. The van der Waals surface area contributed by atoms with E-state index in [0.29, 0.717) is 5.76 Å². The third-order valence-corrected chi connectivity index (χ3v) is 3.93. The quantitative estimate of drug-likeness (QED) is 0.575. The molecule has 0 atom stereocenters. The predicted molar refractivity (Wildman–Crippen MR) is 103 cm³/mol. The Bertz CT molecular complexity index is 953. The van der Waals surface area contributed by atoms with Gasteiger partial charge in [0, 0.05) is 6.54 Å². The van der Waals surface area contributed by atoms with Gasteiger partial charge in [0.25, 0.3) is 5.91 Å². The molecule has 0 radical (unpaired) electrons. The minimum atomic E-state index is -0.845. The van der Waals surface area contributed by atoms with Crippen LogP contribution in [-0.2, 0) is 22.7 Å². The van der Waals surface area contributed by atoms with Crippen LogP contribution in [0.1, 0.15) is 21.7 Å². The van der Waals surface area contributed by atoms with E-state index < -0.39 is 17.7 Å². The number of anilines is 1. The molecule has 0 bridgehead atoms. The number of furan rings is 1.